The van der Waals surface area contributed by atoms with Gasteiger partial charge in [0.15, 0.2) is 10.6 Å². The quantitative estimate of drug-likeness (QED) is 0.326. The van der Waals surface area contributed by atoms with Crippen molar-refractivity contribution in [3.8, 4) is 10.7 Å². The molecule has 3 N–H and O–H groups in total. The summed E-state index contributed by atoms with van der Waals surface area (Å²) in [4.78, 5) is 26.3. The number of rotatable bonds is 7. The van der Waals surface area contributed by atoms with Crippen LogP contribution >= 0.6 is 23.6 Å². The van der Waals surface area contributed by atoms with Gasteiger partial charge in [0.25, 0.3) is 5.91 Å². The highest BCUT2D eigenvalue weighted by Crippen LogP contribution is 2.24. The van der Waals surface area contributed by atoms with Crippen molar-refractivity contribution in [1.82, 2.24) is 14.8 Å². The number of H-pyrrole nitrogens is 1. The molecule has 0 unspecified atom stereocenters. The van der Waals surface area contributed by atoms with Crippen molar-refractivity contribution in [3.63, 3.8) is 0 Å². The Labute approximate surface area is 194 Å². The first kappa shape index (κ1) is 21.7. The van der Waals surface area contributed by atoms with Gasteiger partial charge in [-0.3, -0.25) is 19.3 Å². The van der Waals surface area contributed by atoms with Crippen LogP contribution < -0.4 is 10.6 Å². The van der Waals surface area contributed by atoms with E-state index in [0.717, 1.165) is 4.88 Å². The van der Waals surface area contributed by atoms with E-state index < -0.39 is 0 Å². The lowest BCUT2D eigenvalue weighted by molar-refractivity contribution is -0.116. The largest absolute Gasteiger partial charge is 0.326 e. The molecule has 0 aliphatic heterocycles. The molecule has 2 aromatic heterocycles. The smallest absolute Gasteiger partial charge is 0.256 e. The molecule has 4 rings (SSSR count). The van der Waals surface area contributed by atoms with Crippen LogP contribution in [0.25, 0.3) is 10.7 Å². The lowest BCUT2D eigenvalue weighted by Crippen LogP contribution is -2.18. The summed E-state index contributed by atoms with van der Waals surface area (Å²) in [6, 6.07) is 18.4. The number of aromatic amines is 1. The molecule has 2 heterocycles. The van der Waals surface area contributed by atoms with Crippen molar-refractivity contribution in [1.29, 1.82) is 0 Å². The Hall–Kier alpha value is -3.56. The van der Waals surface area contributed by atoms with E-state index in [9.17, 15) is 9.59 Å². The van der Waals surface area contributed by atoms with E-state index in [-0.39, 0.29) is 18.2 Å². The third kappa shape index (κ3) is 4.84. The molecule has 7 nitrogen and oxygen atoms in total. The zero-order chi connectivity index (χ0) is 22.5. The highest BCUT2D eigenvalue weighted by Gasteiger charge is 2.15. The Bertz CT molecular complexity index is 1290. The highest BCUT2D eigenvalue weighted by molar-refractivity contribution is 7.71. The number of carbonyl (C=O) groups is 2. The number of hydrogen-bond donors (Lipinski definition) is 3. The van der Waals surface area contributed by atoms with Gasteiger partial charge in [-0.25, -0.2) is 0 Å². The van der Waals surface area contributed by atoms with Crippen LogP contribution in [-0.4, -0.2) is 26.6 Å². The van der Waals surface area contributed by atoms with Crippen molar-refractivity contribution >= 4 is 46.7 Å². The van der Waals surface area contributed by atoms with Crippen molar-refractivity contribution < 1.29 is 9.59 Å². The van der Waals surface area contributed by atoms with E-state index in [0.29, 0.717) is 39.6 Å². The summed E-state index contributed by atoms with van der Waals surface area (Å²) in [5.74, 6) is 0.317. The van der Waals surface area contributed by atoms with E-state index in [2.05, 4.69) is 20.8 Å². The van der Waals surface area contributed by atoms with Gasteiger partial charge < -0.3 is 10.6 Å². The summed E-state index contributed by atoms with van der Waals surface area (Å²) in [6.07, 6.45) is 0.214. The van der Waals surface area contributed by atoms with Crippen molar-refractivity contribution in [2.24, 2.45) is 0 Å². The minimum atomic E-state index is -0.227. The fourth-order valence-corrected chi connectivity index (χ4v) is 4.23. The molecule has 2 amide bonds. The Morgan fingerprint density at radius 3 is 2.62 bits per heavy atom. The molecular formula is C23H21N5O2S2. The number of amides is 2. The van der Waals surface area contributed by atoms with Gasteiger partial charge in [0.2, 0.25) is 5.91 Å². The standard InChI is InChI=1S/C23H21N5O2S2/c1-15-17(22(30)24-16-7-3-2-4-8-16)9-5-10-18(15)25-20(29)12-13-28-21(26-27-23(28)31)19-11-6-14-32-19/h2-11,14H,12-13H2,1H3,(H,24,30)(H,25,29)(H,27,31). The second kappa shape index (κ2) is 9.71. The lowest BCUT2D eigenvalue weighted by Gasteiger charge is -2.13. The number of thiophene rings is 1. The fraction of sp³-hybridized carbons (Fsp3) is 0.130. The van der Waals surface area contributed by atoms with Crippen molar-refractivity contribution in [2.75, 3.05) is 10.6 Å². The molecule has 9 heteroatoms. The summed E-state index contributed by atoms with van der Waals surface area (Å²) >= 11 is 6.88. The van der Waals surface area contributed by atoms with Gasteiger partial charge in [-0.2, -0.15) is 5.10 Å². The van der Waals surface area contributed by atoms with E-state index in [1.54, 1.807) is 29.5 Å². The summed E-state index contributed by atoms with van der Waals surface area (Å²) in [7, 11) is 0. The van der Waals surface area contributed by atoms with Gasteiger partial charge in [0.1, 0.15) is 0 Å². The topological polar surface area (TPSA) is 91.8 Å². The maximum absolute atomic E-state index is 12.7. The fourth-order valence-electron chi connectivity index (χ4n) is 3.28. The first-order chi connectivity index (χ1) is 15.5. The average Bonchev–Trinajstić information content (AvgIpc) is 3.44. The number of aromatic nitrogens is 3. The average molecular weight is 464 g/mol. The van der Waals surface area contributed by atoms with Gasteiger partial charge in [-0.15, -0.1) is 11.3 Å². The Morgan fingerprint density at radius 2 is 1.88 bits per heavy atom. The molecule has 0 spiro atoms. The number of benzene rings is 2. The first-order valence-electron chi connectivity index (χ1n) is 9.98. The molecule has 0 aliphatic carbocycles. The van der Waals surface area contributed by atoms with Gasteiger partial charge in [0.05, 0.1) is 4.88 Å². The molecule has 0 atom stereocenters. The predicted octanol–water partition coefficient (Wildman–Crippen LogP) is 5.26. The van der Waals surface area contributed by atoms with E-state index in [1.807, 2.05) is 59.3 Å². The molecular weight excluding hydrogens is 442 g/mol. The van der Waals surface area contributed by atoms with Crippen molar-refractivity contribution in [2.45, 2.75) is 19.9 Å². The number of hydrogen-bond acceptors (Lipinski definition) is 5. The molecule has 0 fully saturated rings. The van der Waals surface area contributed by atoms with Gasteiger partial charge in [-0.05, 0) is 60.4 Å². The van der Waals surface area contributed by atoms with Gasteiger partial charge >= 0.3 is 0 Å². The predicted molar refractivity (Wildman–Crippen MR) is 130 cm³/mol. The van der Waals surface area contributed by atoms with Crippen LogP contribution in [-0.2, 0) is 11.3 Å². The van der Waals surface area contributed by atoms with Crippen LogP contribution in [0.4, 0.5) is 11.4 Å². The molecule has 2 aromatic carbocycles. The van der Waals surface area contributed by atoms with Gasteiger partial charge in [0, 0.05) is 29.9 Å². The van der Waals surface area contributed by atoms with Crippen LogP contribution in [0, 0.1) is 11.7 Å². The first-order valence-corrected chi connectivity index (χ1v) is 11.3. The SMILES string of the molecule is Cc1c(NC(=O)CCn2c(-c3cccs3)n[nH]c2=S)cccc1C(=O)Nc1ccccc1. The molecule has 0 radical (unpaired) electrons. The number of anilines is 2. The number of para-hydroxylation sites is 1. The summed E-state index contributed by atoms with van der Waals surface area (Å²) in [5.41, 5.74) is 2.52. The van der Waals surface area contributed by atoms with Gasteiger partial charge in [-0.1, -0.05) is 30.3 Å². The minimum absolute atomic E-state index is 0.172. The second-order valence-corrected chi connectivity index (χ2v) is 8.41. The third-order valence-corrected chi connectivity index (χ3v) is 6.12. The summed E-state index contributed by atoms with van der Waals surface area (Å²) in [5, 5.41) is 14.8. The minimum Gasteiger partial charge on any atom is -0.326 e. The maximum Gasteiger partial charge on any atom is 0.256 e. The van der Waals surface area contributed by atoms with E-state index in [1.165, 1.54) is 0 Å². The summed E-state index contributed by atoms with van der Waals surface area (Å²) < 4.78 is 2.29. The van der Waals surface area contributed by atoms with Crippen LogP contribution in [0.3, 0.4) is 0 Å². The Balaban J connectivity index is 1.43. The van der Waals surface area contributed by atoms with Crippen LogP contribution in [0.2, 0.25) is 0 Å². The normalized spacial score (nSPS) is 10.7. The number of carbonyl (C=O) groups excluding carboxylic acids is 2. The second-order valence-electron chi connectivity index (χ2n) is 7.08. The number of nitrogens with zero attached hydrogens (tertiary/aromatic N) is 2. The molecule has 0 saturated heterocycles. The zero-order valence-corrected chi connectivity index (χ0v) is 18.9. The van der Waals surface area contributed by atoms with Crippen LogP contribution in [0.5, 0.6) is 0 Å². The molecule has 0 aliphatic rings. The molecule has 4 aromatic rings. The monoisotopic (exact) mass is 463 g/mol. The molecule has 0 saturated carbocycles. The van der Waals surface area contributed by atoms with E-state index in [4.69, 9.17) is 12.2 Å². The Kier molecular flexibility index (Phi) is 6.58. The Morgan fingerprint density at radius 1 is 1.06 bits per heavy atom. The maximum atomic E-state index is 12.7. The van der Waals surface area contributed by atoms with Crippen LogP contribution in [0.15, 0.2) is 66.0 Å². The molecule has 162 valence electrons. The summed E-state index contributed by atoms with van der Waals surface area (Å²) in [6.45, 7) is 2.21. The number of nitrogens with one attached hydrogen (secondary N) is 3. The third-order valence-electron chi connectivity index (χ3n) is 4.95. The highest BCUT2D eigenvalue weighted by atomic mass is 32.1. The van der Waals surface area contributed by atoms with Crippen LogP contribution in [0.1, 0.15) is 22.3 Å². The van der Waals surface area contributed by atoms with E-state index >= 15 is 0 Å². The molecule has 0 bridgehead atoms. The molecule has 32 heavy (non-hydrogen) atoms. The van der Waals surface area contributed by atoms with Crippen molar-refractivity contribution in [3.05, 3.63) is 81.9 Å². The zero-order valence-electron chi connectivity index (χ0n) is 17.3. The lowest BCUT2D eigenvalue weighted by atomic mass is 10.1.